The molecule has 0 spiro atoms. The number of benzene rings is 2. The lowest BCUT2D eigenvalue weighted by molar-refractivity contribution is 0.177. The van der Waals surface area contributed by atoms with E-state index in [0.717, 1.165) is 37.0 Å². The van der Waals surface area contributed by atoms with Crippen LogP contribution in [0.4, 0.5) is 4.79 Å². The molecule has 0 heterocycles. The van der Waals surface area contributed by atoms with Gasteiger partial charge in [0.15, 0.2) is 0 Å². The fourth-order valence-electron chi connectivity index (χ4n) is 3.18. The average molecular weight is 324 g/mol. The van der Waals surface area contributed by atoms with Crippen molar-refractivity contribution in [2.24, 2.45) is 0 Å². The minimum absolute atomic E-state index is 0.0959. The van der Waals surface area contributed by atoms with Crippen molar-refractivity contribution >= 4 is 6.03 Å². The van der Waals surface area contributed by atoms with Crippen LogP contribution in [0.15, 0.2) is 54.6 Å². The Kier molecular flexibility index (Phi) is 5.04. The van der Waals surface area contributed by atoms with Crippen molar-refractivity contribution in [1.82, 2.24) is 10.6 Å². The predicted molar refractivity (Wildman–Crippen MR) is 95.2 cm³/mol. The lowest BCUT2D eigenvalue weighted by atomic mass is 9.72. The second kappa shape index (κ2) is 7.39. The highest BCUT2D eigenvalue weighted by atomic mass is 16.5. The second-order valence-corrected chi connectivity index (χ2v) is 6.28. The Labute approximate surface area is 143 Å². The van der Waals surface area contributed by atoms with Gasteiger partial charge < -0.3 is 15.4 Å². The van der Waals surface area contributed by atoms with Crippen molar-refractivity contribution in [3.8, 4) is 5.75 Å². The molecule has 1 aliphatic rings. The topological polar surface area (TPSA) is 50.4 Å². The summed E-state index contributed by atoms with van der Waals surface area (Å²) < 4.78 is 5.22. The minimum atomic E-state index is -0.193. The van der Waals surface area contributed by atoms with Crippen molar-refractivity contribution in [3.05, 3.63) is 65.7 Å². The number of methoxy groups -OCH3 is 1. The van der Waals surface area contributed by atoms with Crippen molar-refractivity contribution in [2.75, 3.05) is 13.7 Å². The Morgan fingerprint density at radius 1 is 1.12 bits per heavy atom. The molecule has 0 bridgehead atoms. The van der Waals surface area contributed by atoms with Crippen LogP contribution in [-0.4, -0.2) is 19.7 Å². The van der Waals surface area contributed by atoms with E-state index in [2.05, 4.69) is 22.8 Å². The molecule has 2 N–H and O–H groups in total. The number of hydrogen-bond acceptors (Lipinski definition) is 2. The van der Waals surface area contributed by atoms with Gasteiger partial charge in [-0.25, -0.2) is 4.79 Å². The standard InChI is InChI=1S/C20H24N2O2/c1-24-18-10-5-7-16(15-18)11-14-21-19(23)22-20(12-6-13-20)17-8-3-2-4-9-17/h2-5,7-10,15H,6,11-14H2,1H3,(H2,21,22,23). The monoisotopic (exact) mass is 324 g/mol. The molecule has 0 radical (unpaired) electrons. The highest BCUT2D eigenvalue weighted by Crippen LogP contribution is 2.40. The van der Waals surface area contributed by atoms with E-state index in [-0.39, 0.29) is 11.6 Å². The average Bonchev–Trinajstić information content (AvgIpc) is 2.59. The van der Waals surface area contributed by atoms with Gasteiger partial charge in [-0.15, -0.1) is 0 Å². The summed E-state index contributed by atoms with van der Waals surface area (Å²) in [6.07, 6.45) is 3.93. The van der Waals surface area contributed by atoms with Crippen LogP contribution in [0.1, 0.15) is 30.4 Å². The molecule has 4 nitrogen and oxygen atoms in total. The molecule has 1 fully saturated rings. The summed E-state index contributed by atoms with van der Waals surface area (Å²) in [5, 5.41) is 6.15. The number of carbonyl (C=O) groups excluding carboxylic acids is 1. The van der Waals surface area contributed by atoms with Gasteiger partial charge >= 0.3 is 6.03 Å². The summed E-state index contributed by atoms with van der Waals surface area (Å²) in [5.74, 6) is 0.842. The molecule has 1 aliphatic carbocycles. The number of amides is 2. The summed E-state index contributed by atoms with van der Waals surface area (Å²) in [6.45, 7) is 0.601. The maximum absolute atomic E-state index is 12.3. The van der Waals surface area contributed by atoms with E-state index in [4.69, 9.17) is 4.74 Å². The molecule has 3 rings (SSSR count). The van der Waals surface area contributed by atoms with E-state index in [0.29, 0.717) is 6.54 Å². The SMILES string of the molecule is COc1cccc(CCNC(=O)NC2(c3ccccc3)CCC2)c1. The maximum atomic E-state index is 12.3. The fourth-order valence-corrected chi connectivity index (χ4v) is 3.18. The van der Waals surface area contributed by atoms with Crippen LogP contribution in [0.2, 0.25) is 0 Å². The first-order valence-corrected chi connectivity index (χ1v) is 8.46. The smallest absolute Gasteiger partial charge is 0.315 e. The number of urea groups is 1. The van der Waals surface area contributed by atoms with Gasteiger partial charge in [-0.05, 0) is 48.9 Å². The molecular weight excluding hydrogens is 300 g/mol. The molecule has 0 aromatic heterocycles. The van der Waals surface area contributed by atoms with Gasteiger partial charge in [-0.3, -0.25) is 0 Å². The zero-order chi connectivity index (χ0) is 16.8. The van der Waals surface area contributed by atoms with Gasteiger partial charge in [-0.1, -0.05) is 42.5 Å². The second-order valence-electron chi connectivity index (χ2n) is 6.28. The van der Waals surface area contributed by atoms with Gasteiger partial charge in [0.05, 0.1) is 12.6 Å². The third-order valence-corrected chi connectivity index (χ3v) is 4.72. The Balaban J connectivity index is 1.52. The van der Waals surface area contributed by atoms with Crippen LogP contribution >= 0.6 is 0 Å². The van der Waals surface area contributed by atoms with E-state index in [1.54, 1.807) is 7.11 Å². The number of ether oxygens (including phenoxy) is 1. The van der Waals surface area contributed by atoms with Crippen LogP contribution < -0.4 is 15.4 Å². The first-order valence-electron chi connectivity index (χ1n) is 8.46. The Bertz CT molecular complexity index is 681. The van der Waals surface area contributed by atoms with Crippen LogP contribution in [0.5, 0.6) is 5.75 Å². The van der Waals surface area contributed by atoms with Gasteiger partial charge in [0.1, 0.15) is 5.75 Å². The summed E-state index contributed by atoms with van der Waals surface area (Å²) in [6, 6.07) is 18.1. The Morgan fingerprint density at radius 2 is 1.92 bits per heavy atom. The maximum Gasteiger partial charge on any atom is 0.315 e. The Morgan fingerprint density at radius 3 is 2.58 bits per heavy atom. The van der Waals surface area contributed by atoms with Crippen LogP contribution in [0.3, 0.4) is 0 Å². The van der Waals surface area contributed by atoms with Crippen LogP contribution in [-0.2, 0) is 12.0 Å². The van der Waals surface area contributed by atoms with Crippen molar-refractivity contribution in [2.45, 2.75) is 31.2 Å². The largest absolute Gasteiger partial charge is 0.497 e. The van der Waals surface area contributed by atoms with Crippen molar-refractivity contribution in [3.63, 3.8) is 0 Å². The first kappa shape index (κ1) is 16.4. The molecule has 2 aromatic rings. The van der Waals surface area contributed by atoms with Gasteiger partial charge in [0.2, 0.25) is 0 Å². The lowest BCUT2D eigenvalue weighted by Crippen LogP contribution is -2.54. The summed E-state index contributed by atoms with van der Waals surface area (Å²) in [4.78, 5) is 12.3. The summed E-state index contributed by atoms with van der Waals surface area (Å²) >= 11 is 0. The number of carbonyl (C=O) groups is 1. The zero-order valence-corrected chi connectivity index (χ0v) is 14.0. The third kappa shape index (κ3) is 3.70. The van der Waals surface area contributed by atoms with E-state index >= 15 is 0 Å². The highest BCUT2D eigenvalue weighted by molar-refractivity contribution is 5.75. The summed E-state index contributed by atoms with van der Waals surface area (Å²) in [7, 11) is 1.66. The molecule has 2 amide bonds. The molecule has 24 heavy (non-hydrogen) atoms. The molecule has 1 saturated carbocycles. The molecule has 0 atom stereocenters. The van der Waals surface area contributed by atoms with E-state index in [1.807, 2.05) is 42.5 Å². The molecular formula is C20H24N2O2. The van der Waals surface area contributed by atoms with Gasteiger partial charge in [0, 0.05) is 6.54 Å². The van der Waals surface area contributed by atoms with Crippen LogP contribution in [0, 0.1) is 0 Å². The number of rotatable bonds is 6. The zero-order valence-electron chi connectivity index (χ0n) is 14.0. The van der Waals surface area contributed by atoms with E-state index in [9.17, 15) is 4.79 Å². The molecule has 126 valence electrons. The van der Waals surface area contributed by atoms with Crippen molar-refractivity contribution < 1.29 is 9.53 Å². The van der Waals surface area contributed by atoms with Gasteiger partial charge in [-0.2, -0.15) is 0 Å². The normalized spacial score (nSPS) is 15.2. The molecule has 0 saturated heterocycles. The first-order chi connectivity index (χ1) is 11.7. The van der Waals surface area contributed by atoms with E-state index in [1.165, 1.54) is 5.56 Å². The summed E-state index contributed by atoms with van der Waals surface area (Å²) in [5.41, 5.74) is 2.15. The number of hydrogen-bond donors (Lipinski definition) is 2. The highest BCUT2D eigenvalue weighted by Gasteiger charge is 2.39. The lowest BCUT2D eigenvalue weighted by Gasteiger charge is -2.43. The van der Waals surface area contributed by atoms with Crippen molar-refractivity contribution in [1.29, 1.82) is 0 Å². The molecule has 4 heteroatoms. The fraction of sp³-hybridized carbons (Fsp3) is 0.350. The third-order valence-electron chi connectivity index (χ3n) is 4.72. The molecule has 0 unspecified atom stereocenters. The quantitative estimate of drug-likeness (QED) is 0.853. The molecule has 2 aromatic carbocycles. The van der Waals surface area contributed by atoms with Gasteiger partial charge in [0.25, 0.3) is 0 Å². The van der Waals surface area contributed by atoms with Crippen LogP contribution in [0.25, 0.3) is 0 Å². The predicted octanol–water partition coefficient (Wildman–Crippen LogP) is 3.62. The van der Waals surface area contributed by atoms with E-state index < -0.39 is 0 Å². The molecule has 0 aliphatic heterocycles. The Hall–Kier alpha value is -2.49. The number of nitrogens with one attached hydrogen (secondary N) is 2. The minimum Gasteiger partial charge on any atom is -0.497 e.